The number of carbonyl (C=O) groups is 1. The summed E-state index contributed by atoms with van der Waals surface area (Å²) in [5, 5.41) is 9.75. The Hall–Kier alpha value is -2.36. The molecule has 0 saturated heterocycles. The van der Waals surface area contributed by atoms with Crippen LogP contribution in [-0.2, 0) is 6.42 Å². The first-order valence-electron chi connectivity index (χ1n) is 5.75. The Kier molecular flexibility index (Phi) is 3.80. The standard InChI is InChI=1S/C15H13FO3/c1-19-12-5-6-13(15(18)9-12)14(17)8-10-3-2-4-11(16)7-10/h2-7,9,18H,8H2,1H3. The molecule has 0 heterocycles. The minimum Gasteiger partial charge on any atom is -0.507 e. The van der Waals surface area contributed by atoms with Gasteiger partial charge in [-0.15, -0.1) is 0 Å². The van der Waals surface area contributed by atoms with E-state index in [-0.39, 0.29) is 29.3 Å². The molecule has 0 aliphatic carbocycles. The van der Waals surface area contributed by atoms with E-state index < -0.39 is 0 Å². The number of carbonyl (C=O) groups excluding carboxylic acids is 1. The van der Waals surface area contributed by atoms with E-state index in [2.05, 4.69) is 0 Å². The first kappa shape index (κ1) is 13.1. The smallest absolute Gasteiger partial charge is 0.170 e. The summed E-state index contributed by atoms with van der Waals surface area (Å²) in [6, 6.07) is 10.3. The number of phenolic OH excluding ortho intramolecular Hbond substituents is 1. The molecule has 0 spiro atoms. The molecule has 0 atom stereocenters. The molecule has 0 fully saturated rings. The Balaban J connectivity index is 2.20. The number of ether oxygens (including phenoxy) is 1. The van der Waals surface area contributed by atoms with Gasteiger partial charge in [-0.25, -0.2) is 4.39 Å². The molecule has 0 amide bonds. The van der Waals surface area contributed by atoms with Crippen LogP contribution in [0.5, 0.6) is 11.5 Å². The lowest BCUT2D eigenvalue weighted by Crippen LogP contribution is -2.04. The van der Waals surface area contributed by atoms with Crippen LogP contribution in [0.25, 0.3) is 0 Å². The molecule has 0 bridgehead atoms. The highest BCUT2D eigenvalue weighted by Crippen LogP contribution is 2.24. The van der Waals surface area contributed by atoms with Gasteiger partial charge in [-0.05, 0) is 29.8 Å². The first-order chi connectivity index (χ1) is 9.10. The van der Waals surface area contributed by atoms with Gasteiger partial charge in [0, 0.05) is 12.5 Å². The molecule has 0 unspecified atom stereocenters. The van der Waals surface area contributed by atoms with E-state index >= 15 is 0 Å². The topological polar surface area (TPSA) is 46.5 Å². The number of hydrogen-bond donors (Lipinski definition) is 1. The summed E-state index contributed by atoms with van der Waals surface area (Å²) < 4.78 is 18.0. The molecule has 0 aliphatic heterocycles. The van der Waals surface area contributed by atoms with Crippen LogP contribution in [-0.4, -0.2) is 18.0 Å². The third-order valence-corrected chi connectivity index (χ3v) is 2.76. The van der Waals surface area contributed by atoms with Crippen LogP contribution in [0.15, 0.2) is 42.5 Å². The molecule has 2 aromatic carbocycles. The van der Waals surface area contributed by atoms with Crippen LogP contribution in [0.1, 0.15) is 15.9 Å². The molecule has 4 heteroatoms. The van der Waals surface area contributed by atoms with Crippen molar-refractivity contribution in [3.05, 3.63) is 59.4 Å². The second-order valence-corrected chi connectivity index (χ2v) is 4.11. The van der Waals surface area contributed by atoms with Gasteiger partial charge in [0.05, 0.1) is 12.7 Å². The summed E-state index contributed by atoms with van der Waals surface area (Å²) in [6.45, 7) is 0. The fourth-order valence-electron chi connectivity index (χ4n) is 1.80. The summed E-state index contributed by atoms with van der Waals surface area (Å²) in [5.74, 6) is -0.324. The summed E-state index contributed by atoms with van der Waals surface area (Å²) in [6.07, 6.45) is 0.0393. The summed E-state index contributed by atoms with van der Waals surface area (Å²) in [4.78, 5) is 12.0. The zero-order valence-electron chi connectivity index (χ0n) is 10.4. The molecule has 0 aliphatic rings. The minimum absolute atomic E-state index is 0.0393. The molecule has 0 aromatic heterocycles. The molecule has 98 valence electrons. The highest BCUT2D eigenvalue weighted by atomic mass is 19.1. The Morgan fingerprint density at radius 1 is 1.26 bits per heavy atom. The predicted octanol–water partition coefficient (Wildman–Crippen LogP) is 2.97. The van der Waals surface area contributed by atoms with Crippen LogP contribution in [0, 0.1) is 5.82 Å². The summed E-state index contributed by atoms with van der Waals surface area (Å²) in [5.41, 5.74) is 0.769. The molecule has 2 rings (SSSR count). The van der Waals surface area contributed by atoms with Crippen molar-refractivity contribution in [3.63, 3.8) is 0 Å². The van der Waals surface area contributed by atoms with Crippen molar-refractivity contribution in [1.29, 1.82) is 0 Å². The van der Waals surface area contributed by atoms with E-state index in [1.807, 2.05) is 0 Å². The number of benzene rings is 2. The Labute approximate surface area is 110 Å². The van der Waals surface area contributed by atoms with E-state index in [9.17, 15) is 14.3 Å². The summed E-state index contributed by atoms with van der Waals surface area (Å²) >= 11 is 0. The van der Waals surface area contributed by atoms with Gasteiger partial charge < -0.3 is 9.84 Å². The second-order valence-electron chi connectivity index (χ2n) is 4.11. The van der Waals surface area contributed by atoms with Crippen LogP contribution >= 0.6 is 0 Å². The molecule has 0 radical (unpaired) electrons. The van der Waals surface area contributed by atoms with E-state index in [1.165, 1.54) is 31.4 Å². The van der Waals surface area contributed by atoms with Gasteiger partial charge in [0.15, 0.2) is 5.78 Å². The Morgan fingerprint density at radius 3 is 2.68 bits per heavy atom. The number of phenols is 1. The van der Waals surface area contributed by atoms with Crippen molar-refractivity contribution in [3.8, 4) is 11.5 Å². The largest absolute Gasteiger partial charge is 0.507 e. The van der Waals surface area contributed by atoms with Crippen molar-refractivity contribution in [2.45, 2.75) is 6.42 Å². The average Bonchev–Trinajstić information content (AvgIpc) is 2.38. The van der Waals surface area contributed by atoms with Gasteiger partial charge >= 0.3 is 0 Å². The number of aromatic hydroxyl groups is 1. The maximum Gasteiger partial charge on any atom is 0.170 e. The van der Waals surface area contributed by atoms with E-state index in [0.29, 0.717) is 11.3 Å². The van der Waals surface area contributed by atoms with Gasteiger partial charge in [-0.2, -0.15) is 0 Å². The van der Waals surface area contributed by atoms with Crippen molar-refractivity contribution in [2.24, 2.45) is 0 Å². The predicted molar refractivity (Wildman–Crippen MR) is 69.1 cm³/mol. The summed E-state index contributed by atoms with van der Waals surface area (Å²) in [7, 11) is 1.48. The number of rotatable bonds is 4. The lowest BCUT2D eigenvalue weighted by molar-refractivity contribution is 0.0990. The zero-order chi connectivity index (χ0) is 13.8. The monoisotopic (exact) mass is 260 g/mol. The zero-order valence-corrected chi connectivity index (χ0v) is 10.4. The van der Waals surface area contributed by atoms with E-state index in [0.717, 1.165) is 0 Å². The second kappa shape index (κ2) is 5.52. The van der Waals surface area contributed by atoms with Crippen LogP contribution in [0.4, 0.5) is 4.39 Å². The number of hydrogen-bond acceptors (Lipinski definition) is 3. The normalized spacial score (nSPS) is 10.2. The van der Waals surface area contributed by atoms with Crippen molar-refractivity contribution < 1.29 is 19.0 Å². The molecule has 2 aromatic rings. The van der Waals surface area contributed by atoms with Gasteiger partial charge in [-0.3, -0.25) is 4.79 Å². The number of ketones is 1. The first-order valence-corrected chi connectivity index (χ1v) is 5.75. The quantitative estimate of drug-likeness (QED) is 0.860. The van der Waals surface area contributed by atoms with Crippen molar-refractivity contribution >= 4 is 5.78 Å². The van der Waals surface area contributed by atoms with Crippen LogP contribution < -0.4 is 4.74 Å². The highest BCUT2D eigenvalue weighted by Gasteiger charge is 2.13. The van der Waals surface area contributed by atoms with E-state index in [4.69, 9.17) is 4.74 Å². The number of Topliss-reactive ketones (excluding diaryl/α,β-unsaturated/α-hetero) is 1. The SMILES string of the molecule is COc1ccc(C(=O)Cc2cccc(F)c2)c(O)c1. The maximum atomic E-state index is 13.0. The van der Waals surface area contributed by atoms with Crippen LogP contribution in [0.2, 0.25) is 0 Å². The molecular weight excluding hydrogens is 247 g/mol. The van der Waals surface area contributed by atoms with Crippen LogP contribution in [0.3, 0.4) is 0 Å². The third kappa shape index (κ3) is 3.10. The molecule has 19 heavy (non-hydrogen) atoms. The number of halogens is 1. The Morgan fingerprint density at radius 2 is 2.05 bits per heavy atom. The fourth-order valence-corrected chi connectivity index (χ4v) is 1.80. The van der Waals surface area contributed by atoms with Gasteiger partial charge in [0.25, 0.3) is 0 Å². The van der Waals surface area contributed by atoms with Crippen molar-refractivity contribution in [2.75, 3.05) is 7.11 Å². The van der Waals surface area contributed by atoms with E-state index in [1.54, 1.807) is 18.2 Å². The van der Waals surface area contributed by atoms with Crippen molar-refractivity contribution in [1.82, 2.24) is 0 Å². The molecule has 0 saturated carbocycles. The van der Waals surface area contributed by atoms with Gasteiger partial charge in [0.1, 0.15) is 17.3 Å². The average molecular weight is 260 g/mol. The lowest BCUT2D eigenvalue weighted by Gasteiger charge is -2.06. The van der Waals surface area contributed by atoms with Gasteiger partial charge in [-0.1, -0.05) is 12.1 Å². The minimum atomic E-state index is -0.385. The maximum absolute atomic E-state index is 13.0. The third-order valence-electron chi connectivity index (χ3n) is 2.76. The fraction of sp³-hybridized carbons (Fsp3) is 0.133. The Bertz CT molecular complexity index is 608. The molecular formula is C15H13FO3. The lowest BCUT2D eigenvalue weighted by atomic mass is 10.0. The number of methoxy groups -OCH3 is 1. The van der Waals surface area contributed by atoms with Gasteiger partial charge in [0.2, 0.25) is 0 Å². The molecule has 1 N–H and O–H groups in total. The molecule has 3 nitrogen and oxygen atoms in total. The highest BCUT2D eigenvalue weighted by molar-refractivity contribution is 6.00.